The number of rotatable bonds is 6. The molecule has 0 radical (unpaired) electrons. The van der Waals surface area contributed by atoms with Crippen molar-refractivity contribution < 1.29 is 27.1 Å². The quantitative estimate of drug-likeness (QED) is 0.729. The Hall–Kier alpha value is -2.98. The summed E-state index contributed by atoms with van der Waals surface area (Å²) in [5.41, 5.74) is 0.591. The van der Waals surface area contributed by atoms with Gasteiger partial charge in [0.1, 0.15) is 11.9 Å². The predicted octanol–water partition coefficient (Wildman–Crippen LogP) is 2.09. The van der Waals surface area contributed by atoms with Gasteiger partial charge in [0.2, 0.25) is 15.9 Å². The van der Waals surface area contributed by atoms with Gasteiger partial charge in [-0.1, -0.05) is 18.2 Å². The summed E-state index contributed by atoms with van der Waals surface area (Å²) in [7, 11) is -3.90. The average Bonchev–Trinajstić information content (AvgIpc) is 2.73. The third kappa shape index (κ3) is 5.39. The maximum absolute atomic E-state index is 13.7. The fourth-order valence-corrected chi connectivity index (χ4v) is 4.54. The lowest BCUT2D eigenvalue weighted by Crippen LogP contribution is -2.45. The summed E-state index contributed by atoms with van der Waals surface area (Å²) in [6.07, 6.45) is 0.942. The summed E-state index contributed by atoms with van der Waals surface area (Å²) in [5, 5.41) is 2.65. The SMILES string of the molecule is CC(C(=O)Nc1ccccc1C(=O)N1CCOCC1)N(c1cccc(F)c1)S(C)(=O)=O. The topological polar surface area (TPSA) is 96.0 Å². The van der Waals surface area contributed by atoms with E-state index in [1.165, 1.54) is 25.1 Å². The Balaban J connectivity index is 1.85. The zero-order valence-corrected chi connectivity index (χ0v) is 18.1. The molecule has 3 rings (SSSR count). The molecule has 0 bridgehead atoms. The number of hydrogen-bond acceptors (Lipinski definition) is 5. The number of carbonyl (C=O) groups excluding carboxylic acids is 2. The molecular formula is C21H24FN3O5S. The number of ether oxygens (including phenoxy) is 1. The van der Waals surface area contributed by atoms with Gasteiger partial charge < -0.3 is 15.0 Å². The molecule has 1 aliphatic heterocycles. The molecule has 2 aromatic carbocycles. The smallest absolute Gasteiger partial charge is 0.256 e. The van der Waals surface area contributed by atoms with E-state index >= 15 is 0 Å². The number of carbonyl (C=O) groups is 2. The van der Waals surface area contributed by atoms with Gasteiger partial charge in [0.05, 0.1) is 36.4 Å². The van der Waals surface area contributed by atoms with E-state index in [1.807, 2.05) is 0 Å². The molecular weight excluding hydrogens is 425 g/mol. The summed E-state index contributed by atoms with van der Waals surface area (Å²) in [4.78, 5) is 27.5. The van der Waals surface area contributed by atoms with Gasteiger partial charge in [-0.05, 0) is 37.3 Å². The van der Waals surface area contributed by atoms with Gasteiger partial charge in [0.25, 0.3) is 5.91 Å². The standard InChI is InChI=1S/C21H24FN3O5S/c1-15(25(31(2,28)29)17-7-5-6-16(22)14-17)20(26)23-19-9-4-3-8-18(19)21(27)24-10-12-30-13-11-24/h3-9,14-15H,10-13H2,1-2H3,(H,23,26). The monoisotopic (exact) mass is 449 g/mol. The van der Waals surface area contributed by atoms with E-state index in [1.54, 1.807) is 29.2 Å². The Morgan fingerprint density at radius 1 is 1.13 bits per heavy atom. The zero-order chi connectivity index (χ0) is 22.6. The van der Waals surface area contributed by atoms with Crippen LogP contribution in [0.3, 0.4) is 0 Å². The molecule has 1 fully saturated rings. The van der Waals surface area contributed by atoms with Crippen molar-refractivity contribution in [1.29, 1.82) is 0 Å². The molecule has 166 valence electrons. The molecule has 2 amide bonds. The molecule has 1 atom stereocenters. The van der Waals surface area contributed by atoms with Crippen LogP contribution < -0.4 is 9.62 Å². The van der Waals surface area contributed by atoms with E-state index in [2.05, 4.69) is 5.32 Å². The van der Waals surface area contributed by atoms with Crippen molar-refractivity contribution in [2.45, 2.75) is 13.0 Å². The molecule has 0 aromatic heterocycles. The van der Waals surface area contributed by atoms with Gasteiger partial charge in [-0.3, -0.25) is 13.9 Å². The normalized spacial score (nSPS) is 15.3. The fourth-order valence-electron chi connectivity index (χ4n) is 3.37. The van der Waals surface area contributed by atoms with Crippen LogP contribution in [0.25, 0.3) is 0 Å². The highest BCUT2D eigenvalue weighted by Crippen LogP contribution is 2.24. The molecule has 1 heterocycles. The van der Waals surface area contributed by atoms with Crippen molar-refractivity contribution in [2.75, 3.05) is 42.2 Å². The molecule has 8 nitrogen and oxygen atoms in total. The van der Waals surface area contributed by atoms with Crippen LogP contribution >= 0.6 is 0 Å². The molecule has 0 spiro atoms. The largest absolute Gasteiger partial charge is 0.378 e. The number of hydrogen-bond donors (Lipinski definition) is 1. The van der Waals surface area contributed by atoms with Crippen LogP contribution in [0.2, 0.25) is 0 Å². The average molecular weight is 450 g/mol. The van der Waals surface area contributed by atoms with E-state index in [-0.39, 0.29) is 17.3 Å². The summed E-state index contributed by atoms with van der Waals surface area (Å²) < 4.78 is 44.5. The Kier molecular flexibility index (Phi) is 6.91. The molecule has 1 unspecified atom stereocenters. The molecule has 1 N–H and O–H groups in total. The number of morpholine rings is 1. The first-order valence-corrected chi connectivity index (χ1v) is 11.5. The highest BCUT2D eigenvalue weighted by Gasteiger charge is 2.30. The predicted molar refractivity (Wildman–Crippen MR) is 115 cm³/mol. The lowest BCUT2D eigenvalue weighted by Gasteiger charge is -2.29. The number of halogens is 1. The van der Waals surface area contributed by atoms with E-state index in [0.717, 1.165) is 16.6 Å². The van der Waals surface area contributed by atoms with Crippen LogP contribution in [-0.2, 0) is 19.6 Å². The third-order valence-electron chi connectivity index (χ3n) is 4.86. The Morgan fingerprint density at radius 2 is 1.81 bits per heavy atom. The van der Waals surface area contributed by atoms with Gasteiger partial charge in [0, 0.05) is 13.1 Å². The summed E-state index contributed by atoms with van der Waals surface area (Å²) in [6.45, 7) is 3.16. The maximum atomic E-state index is 13.7. The summed E-state index contributed by atoms with van der Waals surface area (Å²) >= 11 is 0. The number of nitrogens with one attached hydrogen (secondary N) is 1. The van der Waals surface area contributed by atoms with Gasteiger partial charge in [-0.25, -0.2) is 12.8 Å². The van der Waals surface area contributed by atoms with Crippen molar-refractivity contribution in [3.05, 3.63) is 59.9 Å². The first-order chi connectivity index (χ1) is 14.7. The fraction of sp³-hybridized carbons (Fsp3) is 0.333. The van der Waals surface area contributed by atoms with E-state index in [0.29, 0.717) is 31.9 Å². The molecule has 31 heavy (non-hydrogen) atoms. The molecule has 1 saturated heterocycles. The Labute approximate surface area is 180 Å². The second-order valence-corrected chi connectivity index (χ2v) is 9.01. The number of anilines is 2. The molecule has 10 heteroatoms. The molecule has 0 aliphatic carbocycles. The lowest BCUT2D eigenvalue weighted by atomic mass is 10.1. The van der Waals surface area contributed by atoms with Crippen LogP contribution in [0.15, 0.2) is 48.5 Å². The minimum Gasteiger partial charge on any atom is -0.378 e. The van der Waals surface area contributed by atoms with E-state index in [9.17, 15) is 22.4 Å². The first kappa shape index (κ1) is 22.7. The van der Waals surface area contributed by atoms with Crippen molar-refractivity contribution in [1.82, 2.24) is 4.90 Å². The summed E-state index contributed by atoms with van der Waals surface area (Å²) in [5.74, 6) is -1.53. The van der Waals surface area contributed by atoms with Gasteiger partial charge in [-0.15, -0.1) is 0 Å². The summed E-state index contributed by atoms with van der Waals surface area (Å²) in [6, 6.07) is 10.3. The Bertz CT molecular complexity index is 1070. The molecule has 2 aromatic rings. The van der Waals surface area contributed by atoms with Gasteiger partial charge in [0.15, 0.2) is 0 Å². The van der Waals surface area contributed by atoms with E-state index in [4.69, 9.17) is 4.74 Å². The van der Waals surface area contributed by atoms with Gasteiger partial charge in [-0.2, -0.15) is 0 Å². The number of benzene rings is 2. The zero-order valence-electron chi connectivity index (χ0n) is 17.2. The van der Waals surface area contributed by atoms with Crippen LogP contribution in [0.4, 0.5) is 15.8 Å². The minimum atomic E-state index is -3.90. The number of para-hydroxylation sites is 1. The third-order valence-corrected chi connectivity index (χ3v) is 6.11. The minimum absolute atomic E-state index is 0.0304. The molecule has 0 saturated carbocycles. The number of nitrogens with zero attached hydrogens (tertiary/aromatic N) is 2. The van der Waals surface area contributed by atoms with Crippen LogP contribution in [0.1, 0.15) is 17.3 Å². The maximum Gasteiger partial charge on any atom is 0.256 e. The van der Waals surface area contributed by atoms with Crippen LogP contribution in [0, 0.1) is 5.82 Å². The Morgan fingerprint density at radius 3 is 2.45 bits per heavy atom. The van der Waals surface area contributed by atoms with Crippen LogP contribution in [-0.4, -0.2) is 63.7 Å². The van der Waals surface area contributed by atoms with Crippen molar-refractivity contribution in [3.63, 3.8) is 0 Å². The van der Waals surface area contributed by atoms with Crippen LogP contribution in [0.5, 0.6) is 0 Å². The van der Waals surface area contributed by atoms with Crippen molar-refractivity contribution in [3.8, 4) is 0 Å². The second-order valence-electron chi connectivity index (χ2n) is 7.15. The lowest BCUT2D eigenvalue weighted by molar-refractivity contribution is -0.116. The van der Waals surface area contributed by atoms with Gasteiger partial charge >= 0.3 is 0 Å². The van der Waals surface area contributed by atoms with E-state index < -0.39 is 27.8 Å². The second kappa shape index (κ2) is 9.44. The van der Waals surface area contributed by atoms with Crippen molar-refractivity contribution in [2.24, 2.45) is 0 Å². The highest BCUT2D eigenvalue weighted by molar-refractivity contribution is 7.92. The highest BCUT2D eigenvalue weighted by atomic mass is 32.2. The first-order valence-electron chi connectivity index (χ1n) is 9.70. The number of amides is 2. The molecule has 1 aliphatic rings. The van der Waals surface area contributed by atoms with Crippen molar-refractivity contribution >= 4 is 33.2 Å². The number of sulfonamides is 1.